The molecule has 23 heavy (non-hydrogen) atoms. The van der Waals surface area contributed by atoms with Gasteiger partial charge in [-0.3, -0.25) is 9.69 Å². The maximum absolute atomic E-state index is 11.6. The van der Waals surface area contributed by atoms with Gasteiger partial charge in [-0.2, -0.15) is 0 Å². The quantitative estimate of drug-likeness (QED) is 0.826. The smallest absolute Gasteiger partial charge is 0.341 e. The number of methoxy groups -OCH3 is 1. The van der Waals surface area contributed by atoms with Gasteiger partial charge in [0.15, 0.2) is 0 Å². The van der Waals surface area contributed by atoms with Gasteiger partial charge in [0, 0.05) is 19.2 Å². The summed E-state index contributed by atoms with van der Waals surface area (Å²) in [4.78, 5) is 25.2. The molecule has 0 atom stereocenters. The van der Waals surface area contributed by atoms with E-state index in [4.69, 9.17) is 9.15 Å². The molecule has 6 nitrogen and oxygen atoms in total. The molecule has 2 aromatic rings. The topological polar surface area (TPSA) is 71.8 Å². The number of furan rings is 1. The van der Waals surface area contributed by atoms with Crippen molar-refractivity contribution in [1.29, 1.82) is 0 Å². The molecule has 122 valence electrons. The third kappa shape index (κ3) is 4.20. The number of esters is 1. The van der Waals surface area contributed by atoms with Crippen molar-refractivity contribution < 1.29 is 18.7 Å². The van der Waals surface area contributed by atoms with Crippen molar-refractivity contribution in [3.63, 3.8) is 0 Å². The Hall–Kier alpha value is -2.60. The maximum Gasteiger partial charge on any atom is 0.341 e. The van der Waals surface area contributed by atoms with Crippen molar-refractivity contribution in [2.75, 3.05) is 21.2 Å². The lowest BCUT2D eigenvalue weighted by atomic mass is 10.1. The van der Waals surface area contributed by atoms with E-state index in [0.717, 1.165) is 5.56 Å². The fraction of sp³-hybridized carbons (Fsp3) is 0.294. The molecule has 0 aliphatic rings. The van der Waals surface area contributed by atoms with Gasteiger partial charge in [0.1, 0.15) is 11.3 Å². The van der Waals surface area contributed by atoms with Crippen LogP contribution in [0.15, 0.2) is 41.0 Å². The minimum atomic E-state index is -0.405. The highest BCUT2D eigenvalue weighted by atomic mass is 16.5. The average Bonchev–Trinajstić information content (AvgIpc) is 3.02. The monoisotopic (exact) mass is 316 g/mol. The fourth-order valence-electron chi connectivity index (χ4n) is 2.27. The molecule has 0 saturated carbocycles. The van der Waals surface area contributed by atoms with Gasteiger partial charge >= 0.3 is 5.97 Å². The van der Waals surface area contributed by atoms with Gasteiger partial charge in [0.2, 0.25) is 0 Å². The number of benzene rings is 1. The molecule has 0 spiro atoms. The molecular weight excluding hydrogens is 296 g/mol. The summed E-state index contributed by atoms with van der Waals surface area (Å²) in [5.74, 6) is 0.0571. The van der Waals surface area contributed by atoms with Crippen molar-refractivity contribution in [2.24, 2.45) is 0 Å². The first-order valence-electron chi connectivity index (χ1n) is 7.19. The van der Waals surface area contributed by atoms with E-state index in [1.165, 1.54) is 13.4 Å². The van der Waals surface area contributed by atoms with Crippen LogP contribution in [0.5, 0.6) is 0 Å². The lowest BCUT2D eigenvalue weighted by molar-refractivity contribution is 0.0596. The molecule has 0 unspecified atom stereocenters. The molecule has 0 radical (unpaired) electrons. The van der Waals surface area contributed by atoms with Crippen molar-refractivity contribution in [3.8, 4) is 0 Å². The predicted octanol–water partition coefficient (Wildman–Crippen LogP) is 2.06. The van der Waals surface area contributed by atoms with Crippen LogP contribution < -0.4 is 5.32 Å². The average molecular weight is 316 g/mol. The van der Waals surface area contributed by atoms with E-state index in [0.29, 0.717) is 30.0 Å². The largest absolute Gasteiger partial charge is 0.467 e. The molecule has 0 fully saturated rings. The van der Waals surface area contributed by atoms with E-state index in [2.05, 4.69) is 5.32 Å². The first-order chi connectivity index (χ1) is 11.0. The van der Waals surface area contributed by atoms with Gasteiger partial charge in [-0.1, -0.05) is 12.1 Å². The van der Waals surface area contributed by atoms with Crippen molar-refractivity contribution in [3.05, 3.63) is 59.0 Å². The number of amides is 1. The molecule has 0 saturated heterocycles. The zero-order chi connectivity index (χ0) is 16.8. The Labute approximate surface area is 135 Å². The molecule has 1 N–H and O–H groups in total. The number of nitrogens with zero attached hydrogens (tertiary/aromatic N) is 1. The Morgan fingerprint density at radius 2 is 1.87 bits per heavy atom. The fourth-order valence-corrected chi connectivity index (χ4v) is 2.27. The molecule has 1 amide bonds. The molecule has 1 heterocycles. The summed E-state index contributed by atoms with van der Waals surface area (Å²) in [5, 5.41) is 2.59. The number of carbonyl (C=O) groups is 2. The SMILES string of the molecule is CNC(=O)c1ccc(CN(C)Cc2occc2C(=O)OC)cc1. The van der Waals surface area contributed by atoms with Gasteiger partial charge in [0.05, 0.1) is 19.9 Å². The number of hydrogen-bond acceptors (Lipinski definition) is 5. The van der Waals surface area contributed by atoms with E-state index in [1.54, 1.807) is 25.2 Å². The minimum absolute atomic E-state index is 0.108. The molecule has 0 aliphatic carbocycles. The highest BCUT2D eigenvalue weighted by Gasteiger charge is 2.16. The lowest BCUT2D eigenvalue weighted by Gasteiger charge is -2.16. The van der Waals surface area contributed by atoms with Crippen LogP contribution in [0.4, 0.5) is 0 Å². The number of rotatable bonds is 6. The first-order valence-corrected chi connectivity index (χ1v) is 7.19. The van der Waals surface area contributed by atoms with Crippen molar-refractivity contribution in [1.82, 2.24) is 10.2 Å². The van der Waals surface area contributed by atoms with Crippen LogP contribution in [0, 0.1) is 0 Å². The van der Waals surface area contributed by atoms with E-state index in [-0.39, 0.29) is 5.91 Å². The van der Waals surface area contributed by atoms with Crippen molar-refractivity contribution >= 4 is 11.9 Å². The summed E-state index contributed by atoms with van der Waals surface area (Å²) in [6, 6.07) is 8.99. The zero-order valence-corrected chi connectivity index (χ0v) is 13.5. The number of ether oxygens (including phenoxy) is 1. The second-order valence-corrected chi connectivity index (χ2v) is 5.20. The Morgan fingerprint density at radius 3 is 2.48 bits per heavy atom. The molecule has 0 bridgehead atoms. The van der Waals surface area contributed by atoms with Crippen LogP contribution in [0.25, 0.3) is 0 Å². The summed E-state index contributed by atoms with van der Waals surface area (Å²) in [5.41, 5.74) is 2.12. The summed E-state index contributed by atoms with van der Waals surface area (Å²) in [7, 11) is 4.87. The van der Waals surface area contributed by atoms with E-state index < -0.39 is 5.97 Å². The van der Waals surface area contributed by atoms with Gasteiger partial charge in [0.25, 0.3) is 5.91 Å². The molecule has 1 aromatic carbocycles. The lowest BCUT2D eigenvalue weighted by Crippen LogP contribution is -2.19. The Morgan fingerprint density at radius 1 is 1.17 bits per heavy atom. The molecule has 6 heteroatoms. The third-order valence-corrected chi connectivity index (χ3v) is 3.46. The normalized spacial score (nSPS) is 10.6. The van der Waals surface area contributed by atoms with Crippen LogP contribution >= 0.6 is 0 Å². The number of nitrogens with one attached hydrogen (secondary N) is 1. The first kappa shape index (κ1) is 16.8. The molecule has 0 aliphatic heterocycles. The summed E-state index contributed by atoms with van der Waals surface area (Å²) < 4.78 is 10.1. The number of hydrogen-bond donors (Lipinski definition) is 1. The van der Waals surface area contributed by atoms with E-state index >= 15 is 0 Å². The maximum atomic E-state index is 11.6. The Kier molecular flexibility index (Phi) is 5.54. The van der Waals surface area contributed by atoms with Gasteiger partial charge in [-0.25, -0.2) is 4.79 Å². The van der Waals surface area contributed by atoms with Gasteiger partial charge in [-0.15, -0.1) is 0 Å². The predicted molar refractivity (Wildman–Crippen MR) is 85.1 cm³/mol. The highest BCUT2D eigenvalue weighted by Crippen LogP contribution is 2.15. The minimum Gasteiger partial charge on any atom is -0.467 e. The summed E-state index contributed by atoms with van der Waals surface area (Å²) in [6.45, 7) is 1.14. The number of carbonyl (C=O) groups excluding carboxylic acids is 2. The van der Waals surface area contributed by atoms with Gasteiger partial charge in [-0.05, 0) is 30.8 Å². The molecular formula is C17H20N2O4. The molecule has 1 aromatic heterocycles. The van der Waals surface area contributed by atoms with Crippen LogP contribution in [0.3, 0.4) is 0 Å². The van der Waals surface area contributed by atoms with Crippen LogP contribution in [-0.2, 0) is 17.8 Å². The van der Waals surface area contributed by atoms with Crippen LogP contribution in [0.1, 0.15) is 32.0 Å². The highest BCUT2D eigenvalue weighted by molar-refractivity contribution is 5.94. The Balaban J connectivity index is 2.00. The van der Waals surface area contributed by atoms with E-state index in [9.17, 15) is 9.59 Å². The molecule has 2 rings (SSSR count). The second kappa shape index (κ2) is 7.60. The van der Waals surface area contributed by atoms with Crippen molar-refractivity contribution in [2.45, 2.75) is 13.1 Å². The standard InChI is InChI=1S/C17H20N2O4/c1-18-16(20)13-6-4-12(5-7-13)10-19(2)11-15-14(8-9-23-15)17(21)22-3/h4-9H,10-11H2,1-3H3,(H,18,20). The zero-order valence-electron chi connectivity index (χ0n) is 13.5. The van der Waals surface area contributed by atoms with Crippen LogP contribution in [0.2, 0.25) is 0 Å². The third-order valence-electron chi connectivity index (χ3n) is 3.46. The summed E-state index contributed by atoms with van der Waals surface area (Å²) in [6.07, 6.45) is 1.48. The summed E-state index contributed by atoms with van der Waals surface area (Å²) >= 11 is 0. The van der Waals surface area contributed by atoms with Gasteiger partial charge < -0.3 is 14.5 Å². The van der Waals surface area contributed by atoms with E-state index in [1.807, 2.05) is 24.1 Å². The Bertz CT molecular complexity index is 676. The second-order valence-electron chi connectivity index (χ2n) is 5.20. The van der Waals surface area contributed by atoms with Crippen LogP contribution in [-0.4, -0.2) is 38.0 Å².